The quantitative estimate of drug-likeness (QED) is 0.493. The molecule has 0 aromatic carbocycles. The van der Waals surface area contributed by atoms with Crippen molar-refractivity contribution in [3.05, 3.63) is 0 Å². The minimum absolute atomic E-state index is 0.421. The maximum absolute atomic E-state index is 10.7. The molecule has 1 saturated heterocycles. The van der Waals surface area contributed by atoms with E-state index in [9.17, 15) is 9.59 Å². The summed E-state index contributed by atoms with van der Waals surface area (Å²) < 4.78 is 0. The van der Waals surface area contributed by atoms with E-state index < -0.39 is 11.9 Å². The highest BCUT2D eigenvalue weighted by molar-refractivity contribution is 6.31. The molecule has 0 aliphatic carbocycles. The number of hydrogen-bond donors (Lipinski definition) is 3. The SMILES string of the molecule is O=C(O)C(=O)NCC1CCNCC1. The smallest absolute Gasteiger partial charge is 0.394 e. The molecular weight excluding hydrogens is 172 g/mol. The van der Waals surface area contributed by atoms with Gasteiger partial charge >= 0.3 is 11.9 Å². The molecule has 5 nitrogen and oxygen atoms in total. The van der Waals surface area contributed by atoms with E-state index in [1.54, 1.807) is 0 Å². The van der Waals surface area contributed by atoms with E-state index in [0.29, 0.717) is 12.5 Å². The average molecular weight is 186 g/mol. The maximum atomic E-state index is 10.7. The van der Waals surface area contributed by atoms with Crippen molar-refractivity contribution in [3.63, 3.8) is 0 Å². The first kappa shape index (κ1) is 9.98. The van der Waals surface area contributed by atoms with Crippen LogP contribution >= 0.6 is 0 Å². The zero-order chi connectivity index (χ0) is 9.68. The Morgan fingerprint density at radius 3 is 2.54 bits per heavy atom. The van der Waals surface area contributed by atoms with Gasteiger partial charge in [-0.3, -0.25) is 4.79 Å². The van der Waals surface area contributed by atoms with Gasteiger partial charge in [-0.25, -0.2) is 4.79 Å². The molecular formula is C8H14N2O3. The standard InChI is InChI=1S/C8H14N2O3/c11-7(8(12)13)10-5-6-1-3-9-4-2-6/h6,9H,1-5H2,(H,10,11)(H,12,13). The topological polar surface area (TPSA) is 78.4 Å². The van der Waals surface area contributed by atoms with Crippen LogP contribution in [0, 0.1) is 5.92 Å². The third-order valence-corrected chi connectivity index (χ3v) is 2.20. The first-order valence-electron chi connectivity index (χ1n) is 4.42. The lowest BCUT2D eigenvalue weighted by molar-refractivity contribution is -0.150. The van der Waals surface area contributed by atoms with Gasteiger partial charge in [0, 0.05) is 6.54 Å². The van der Waals surface area contributed by atoms with Gasteiger partial charge in [0.1, 0.15) is 0 Å². The van der Waals surface area contributed by atoms with Crippen molar-refractivity contribution >= 4 is 11.9 Å². The second-order valence-electron chi connectivity index (χ2n) is 3.21. The van der Waals surface area contributed by atoms with Crippen molar-refractivity contribution in [2.75, 3.05) is 19.6 Å². The van der Waals surface area contributed by atoms with Crippen LogP contribution in [0.2, 0.25) is 0 Å². The predicted molar refractivity (Wildman–Crippen MR) is 46.2 cm³/mol. The number of carbonyl (C=O) groups excluding carboxylic acids is 1. The van der Waals surface area contributed by atoms with Gasteiger partial charge in [0.2, 0.25) is 0 Å². The first-order valence-corrected chi connectivity index (χ1v) is 4.42. The van der Waals surface area contributed by atoms with E-state index in [-0.39, 0.29) is 0 Å². The summed E-state index contributed by atoms with van der Waals surface area (Å²) >= 11 is 0. The highest BCUT2D eigenvalue weighted by atomic mass is 16.4. The zero-order valence-corrected chi connectivity index (χ0v) is 7.38. The van der Waals surface area contributed by atoms with Crippen LogP contribution < -0.4 is 10.6 Å². The summed E-state index contributed by atoms with van der Waals surface area (Å²) in [6, 6.07) is 0. The molecule has 1 heterocycles. The molecule has 1 fully saturated rings. The normalized spacial score (nSPS) is 18.2. The van der Waals surface area contributed by atoms with Crippen LogP contribution in [0.4, 0.5) is 0 Å². The van der Waals surface area contributed by atoms with E-state index in [1.807, 2.05) is 0 Å². The molecule has 5 heteroatoms. The number of piperidine rings is 1. The third-order valence-electron chi connectivity index (χ3n) is 2.20. The lowest BCUT2D eigenvalue weighted by Crippen LogP contribution is -2.38. The molecule has 0 unspecified atom stereocenters. The fourth-order valence-electron chi connectivity index (χ4n) is 1.40. The average Bonchev–Trinajstić information content (AvgIpc) is 2.15. The minimum atomic E-state index is -1.41. The number of nitrogens with one attached hydrogen (secondary N) is 2. The molecule has 13 heavy (non-hydrogen) atoms. The number of amides is 1. The van der Waals surface area contributed by atoms with Crippen molar-refractivity contribution in [2.45, 2.75) is 12.8 Å². The largest absolute Gasteiger partial charge is 0.474 e. The summed E-state index contributed by atoms with van der Waals surface area (Å²) in [7, 11) is 0. The molecule has 0 spiro atoms. The molecule has 0 radical (unpaired) electrons. The van der Waals surface area contributed by atoms with Crippen molar-refractivity contribution in [2.24, 2.45) is 5.92 Å². The van der Waals surface area contributed by atoms with E-state index in [2.05, 4.69) is 10.6 Å². The van der Waals surface area contributed by atoms with Crippen LogP contribution in [-0.4, -0.2) is 36.6 Å². The molecule has 0 aromatic heterocycles. The van der Waals surface area contributed by atoms with E-state index in [1.165, 1.54) is 0 Å². The minimum Gasteiger partial charge on any atom is -0.474 e. The summed E-state index contributed by atoms with van der Waals surface area (Å²) in [5.41, 5.74) is 0. The second kappa shape index (κ2) is 4.81. The van der Waals surface area contributed by atoms with Gasteiger partial charge in [-0.1, -0.05) is 0 Å². The Balaban J connectivity index is 2.17. The van der Waals surface area contributed by atoms with Crippen molar-refractivity contribution < 1.29 is 14.7 Å². The molecule has 3 N–H and O–H groups in total. The third kappa shape index (κ3) is 3.42. The molecule has 1 aliphatic rings. The van der Waals surface area contributed by atoms with Crippen LogP contribution in [-0.2, 0) is 9.59 Å². The molecule has 1 amide bonds. The molecule has 0 atom stereocenters. The summed E-state index contributed by atoms with van der Waals surface area (Å²) in [6.45, 7) is 2.38. The number of aliphatic carboxylic acids is 1. The van der Waals surface area contributed by atoms with Crippen molar-refractivity contribution in [1.82, 2.24) is 10.6 Å². The lowest BCUT2D eigenvalue weighted by atomic mass is 9.98. The summed E-state index contributed by atoms with van der Waals surface area (Å²) in [5.74, 6) is -1.89. The highest BCUT2D eigenvalue weighted by Crippen LogP contribution is 2.09. The summed E-state index contributed by atoms with van der Waals surface area (Å²) in [5, 5.41) is 13.9. The van der Waals surface area contributed by atoms with Crippen LogP contribution in [0.1, 0.15) is 12.8 Å². The fraction of sp³-hybridized carbons (Fsp3) is 0.750. The highest BCUT2D eigenvalue weighted by Gasteiger charge is 2.16. The van der Waals surface area contributed by atoms with Gasteiger partial charge in [-0.05, 0) is 31.8 Å². The van der Waals surface area contributed by atoms with Crippen LogP contribution in [0.5, 0.6) is 0 Å². The summed E-state index contributed by atoms with van der Waals surface area (Å²) in [4.78, 5) is 20.8. The monoisotopic (exact) mass is 186 g/mol. The Bertz CT molecular complexity index is 200. The Morgan fingerprint density at radius 1 is 1.38 bits per heavy atom. The van der Waals surface area contributed by atoms with E-state index in [4.69, 9.17) is 5.11 Å². The lowest BCUT2D eigenvalue weighted by Gasteiger charge is -2.22. The summed E-state index contributed by atoms with van der Waals surface area (Å²) in [6.07, 6.45) is 2.00. The molecule has 1 aliphatic heterocycles. The van der Waals surface area contributed by atoms with Crippen LogP contribution in [0.25, 0.3) is 0 Å². The van der Waals surface area contributed by atoms with Crippen LogP contribution in [0.15, 0.2) is 0 Å². The Labute approximate surface area is 76.5 Å². The van der Waals surface area contributed by atoms with Gasteiger partial charge in [0.05, 0.1) is 0 Å². The van der Waals surface area contributed by atoms with E-state index >= 15 is 0 Å². The van der Waals surface area contributed by atoms with Gasteiger partial charge in [-0.15, -0.1) is 0 Å². The fourth-order valence-corrected chi connectivity index (χ4v) is 1.40. The van der Waals surface area contributed by atoms with Gasteiger partial charge < -0.3 is 15.7 Å². The number of hydrogen-bond acceptors (Lipinski definition) is 3. The Kier molecular flexibility index (Phi) is 3.70. The predicted octanol–water partition coefficient (Wildman–Crippen LogP) is -0.813. The van der Waals surface area contributed by atoms with Crippen LogP contribution in [0.3, 0.4) is 0 Å². The number of carbonyl (C=O) groups is 2. The molecule has 74 valence electrons. The molecule has 0 saturated carbocycles. The maximum Gasteiger partial charge on any atom is 0.394 e. The van der Waals surface area contributed by atoms with Gasteiger partial charge in [-0.2, -0.15) is 0 Å². The number of carboxylic acid groups (broad SMARTS) is 1. The number of rotatable bonds is 2. The second-order valence-corrected chi connectivity index (χ2v) is 3.21. The number of carboxylic acids is 1. The zero-order valence-electron chi connectivity index (χ0n) is 7.38. The molecule has 0 bridgehead atoms. The molecule has 0 aromatic rings. The van der Waals surface area contributed by atoms with Gasteiger partial charge in [0.15, 0.2) is 0 Å². The van der Waals surface area contributed by atoms with Crippen molar-refractivity contribution in [1.29, 1.82) is 0 Å². The van der Waals surface area contributed by atoms with E-state index in [0.717, 1.165) is 25.9 Å². The van der Waals surface area contributed by atoms with Gasteiger partial charge in [0.25, 0.3) is 0 Å². The van der Waals surface area contributed by atoms with Crippen molar-refractivity contribution in [3.8, 4) is 0 Å². The Morgan fingerprint density at radius 2 is 2.00 bits per heavy atom. The Hall–Kier alpha value is -1.10. The first-order chi connectivity index (χ1) is 6.20. The molecule has 1 rings (SSSR count).